The molecular weight excluding hydrogens is 474 g/mol. The smallest absolute Gasteiger partial charge is 0.270 e. The van der Waals surface area contributed by atoms with E-state index in [-0.39, 0.29) is 41.2 Å². The van der Waals surface area contributed by atoms with Crippen molar-refractivity contribution in [2.75, 3.05) is 18.9 Å². The third-order valence-electron chi connectivity index (χ3n) is 5.62. The van der Waals surface area contributed by atoms with Crippen molar-refractivity contribution in [2.45, 2.75) is 31.5 Å². The molecule has 3 aromatic rings. The van der Waals surface area contributed by atoms with Crippen LogP contribution in [0.2, 0.25) is 0 Å². The zero-order chi connectivity index (χ0) is 24.9. The van der Waals surface area contributed by atoms with Crippen LogP contribution in [0.15, 0.2) is 47.1 Å². The van der Waals surface area contributed by atoms with Crippen LogP contribution < -0.4 is 16.8 Å². The summed E-state index contributed by atoms with van der Waals surface area (Å²) in [4.78, 5) is 40.2. The number of nitrogens with one attached hydrogen (secondary N) is 1. The Morgan fingerprint density at radius 3 is 2.63 bits per heavy atom. The topological polar surface area (TPSA) is 174 Å². The van der Waals surface area contributed by atoms with Crippen LogP contribution >= 0.6 is 11.5 Å². The van der Waals surface area contributed by atoms with Crippen molar-refractivity contribution >= 4 is 34.9 Å². The van der Waals surface area contributed by atoms with Crippen LogP contribution in [-0.4, -0.2) is 51.4 Å². The monoisotopic (exact) mass is 499 g/mol. The van der Waals surface area contributed by atoms with Gasteiger partial charge in [-0.1, -0.05) is 12.1 Å². The van der Waals surface area contributed by atoms with Crippen LogP contribution in [0.4, 0.5) is 5.69 Å². The predicted molar refractivity (Wildman–Crippen MR) is 126 cm³/mol. The number of carbonyl (C=O) groups is 3. The minimum atomic E-state index is -1.12. The molecule has 0 bridgehead atoms. The molecule has 35 heavy (non-hydrogen) atoms. The molecule has 3 heterocycles. The summed E-state index contributed by atoms with van der Waals surface area (Å²) < 4.78 is 15.0. The van der Waals surface area contributed by atoms with E-state index in [1.54, 1.807) is 24.3 Å². The van der Waals surface area contributed by atoms with Gasteiger partial charge in [0, 0.05) is 13.2 Å². The average Bonchev–Trinajstić information content (AvgIpc) is 3.60. The Kier molecular flexibility index (Phi) is 7.32. The average molecular weight is 500 g/mol. The summed E-state index contributed by atoms with van der Waals surface area (Å²) in [6.07, 6.45) is 3.09. The van der Waals surface area contributed by atoms with E-state index in [0.29, 0.717) is 17.9 Å². The molecule has 1 aliphatic rings. The Bertz CT molecular complexity index is 1190. The molecule has 3 amide bonds. The highest BCUT2D eigenvalue weighted by molar-refractivity contribution is 7.09. The number of ether oxygens (including phenoxy) is 1. The molecule has 1 fully saturated rings. The van der Waals surface area contributed by atoms with Gasteiger partial charge in [0.05, 0.1) is 24.6 Å². The summed E-state index contributed by atoms with van der Waals surface area (Å²) in [5.74, 6) is -1.51. The zero-order valence-electron chi connectivity index (χ0n) is 18.7. The van der Waals surface area contributed by atoms with Crippen LogP contribution in [0.3, 0.4) is 0 Å². The number of nitrogens with zero attached hydrogens (tertiary/aromatic N) is 2. The number of rotatable bonds is 9. The fraction of sp³-hybridized carbons (Fsp3) is 0.304. The van der Waals surface area contributed by atoms with Crippen molar-refractivity contribution in [3.05, 3.63) is 64.6 Å². The molecule has 6 N–H and O–H groups in total. The Balaban J connectivity index is 1.72. The number of furan rings is 1. The number of amides is 3. The van der Waals surface area contributed by atoms with Gasteiger partial charge in [0.1, 0.15) is 22.4 Å². The molecule has 12 heteroatoms. The summed E-state index contributed by atoms with van der Waals surface area (Å²) in [6.45, 7) is 0.844. The second kappa shape index (κ2) is 10.6. The lowest BCUT2D eigenvalue weighted by Gasteiger charge is -2.31. The Morgan fingerprint density at radius 2 is 2.03 bits per heavy atom. The second-order valence-corrected chi connectivity index (χ2v) is 8.80. The minimum Gasteiger partial charge on any atom is -0.508 e. The zero-order valence-corrected chi connectivity index (χ0v) is 19.5. The van der Waals surface area contributed by atoms with E-state index in [0.717, 1.165) is 24.4 Å². The molecule has 1 aliphatic heterocycles. The van der Waals surface area contributed by atoms with Crippen LogP contribution in [0.25, 0.3) is 0 Å². The number of hydrogen-bond donors (Lipinski definition) is 4. The number of nitrogens with two attached hydrogens (primary N) is 2. The summed E-state index contributed by atoms with van der Waals surface area (Å²) in [5.41, 5.74) is 11.4. The first-order valence-electron chi connectivity index (χ1n) is 10.9. The lowest BCUT2D eigenvalue weighted by Crippen LogP contribution is -2.45. The van der Waals surface area contributed by atoms with Crippen molar-refractivity contribution in [1.29, 1.82) is 0 Å². The predicted octanol–water partition coefficient (Wildman–Crippen LogP) is 1.80. The Morgan fingerprint density at radius 1 is 1.26 bits per heavy atom. The van der Waals surface area contributed by atoms with Crippen LogP contribution in [0.1, 0.15) is 50.4 Å². The van der Waals surface area contributed by atoms with Gasteiger partial charge in [0.15, 0.2) is 5.69 Å². The molecule has 11 nitrogen and oxygen atoms in total. The first kappa shape index (κ1) is 24.2. The fourth-order valence-corrected chi connectivity index (χ4v) is 4.62. The first-order valence-corrected chi connectivity index (χ1v) is 11.7. The van der Waals surface area contributed by atoms with Crippen LogP contribution in [-0.2, 0) is 16.1 Å². The quantitative estimate of drug-likeness (QED) is 0.345. The standard InChI is InChI=1S/C23H25N5O6S/c24-17-18(21(25)30)27-35-20(17)23(32)28(12-16-4-2-10-34-16)19(13-5-7-14(29)8-6-13)22(31)26-11-15-3-1-9-33-15/h2,4-8,10,15,19,29H,1,3,9,11-12,24H2,(H2,25,30)(H,26,31)/t15-,19+/m1/s1. The number of aromatic hydroxyl groups is 1. The molecule has 2 aromatic heterocycles. The van der Waals surface area contributed by atoms with E-state index in [9.17, 15) is 19.5 Å². The molecule has 1 saturated heterocycles. The lowest BCUT2D eigenvalue weighted by atomic mass is 10.0. The molecule has 0 spiro atoms. The lowest BCUT2D eigenvalue weighted by molar-refractivity contribution is -0.126. The fourth-order valence-electron chi connectivity index (χ4n) is 3.86. The maximum Gasteiger partial charge on any atom is 0.270 e. The highest BCUT2D eigenvalue weighted by Gasteiger charge is 2.35. The van der Waals surface area contributed by atoms with Crippen molar-refractivity contribution in [3.8, 4) is 5.75 Å². The summed E-state index contributed by atoms with van der Waals surface area (Å²) in [7, 11) is 0. The number of nitrogen functional groups attached to an aromatic ring is 1. The van der Waals surface area contributed by atoms with Crippen molar-refractivity contribution in [2.24, 2.45) is 5.73 Å². The maximum absolute atomic E-state index is 13.7. The molecule has 2 atom stereocenters. The molecule has 184 valence electrons. The van der Waals surface area contributed by atoms with Gasteiger partial charge in [0.2, 0.25) is 5.91 Å². The van der Waals surface area contributed by atoms with E-state index < -0.39 is 23.8 Å². The Hall–Kier alpha value is -3.90. The summed E-state index contributed by atoms with van der Waals surface area (Å²) in [5, 5.41) is 12.6. The number of anilines is 1. The van der Waals surface area contributed by atoms with Crippen LogP contribution in [0, 0.1) is 0 Å². The summed E-state index contributed by atoms with van der Waals surface area (Å²) in [6, 6.07) is 8.18. The number of aromatic nitrogens is 1. The molecule has 4 rings (SSSR count). The van der Waals surface area contributed by atoms with Gasteiger partial charge < -0.3 is 35.9 Å². The van der Waals surface area contributed by atoms with Crippen molar-refractivity contribution in [3.63, 3.8) is 0 Å². The molecule has 0 saturated carbocycles. The van der Waals surface area contributed by atoms with E-state index >= 15 is 0 Å². The van der Waals surface area contributed by atoms with Crippen LogP contribution in [0.5, 0.6) is 5.75 Å². The van der Waals surface area contributed by atoms with Crippen molar-refractivity contribution in [1.82, 2.24) is 14.6 Å². The minimum absolute atomic E-state index is 0.00831. The first-order chi connectivity index (χ1) is 16.8. The van der Waals surface area contributed by atoms with Gasteiger partial charge >= 0.3 is 0 Å². The van der Waals surface area contributed by atoms with Gasteiger partial charge in [-0.15, -0.1) is 0 Å². The third kappa shape index (κ3) is 5.44. The van der Waals surface area contributed by atoms with E-state index in [2.05, 4.69) is 9.69 Å². The van der Waals surface area contributed by atoms with E-state index in [1.807, 2.05) is 0 Å². The number of carbonyl (C=O) groups excluding carboxylic acids is 3. The van der Waals surface area contributed by atoms with Gasteiger partial charge in [-0.2, -0.15) is 4.37 Å². The number of primary amides is 1. The summed E-state index contributed by atoms with van der Waals surface area (Å²) >= 11 is 0.725. The molecule has 1 aromatic carbocycles. The van der Waals surface area contributed by atoms with E-state index in [1.165, 1.54) is 23.3 Å². The largest absolute Gasteiger partial charge is 0.508 e. The Labute approximate surface area is 204 Å². The second-order valence-electron chi connectivity index (χ2n) is 8.02. The normalized spacial score (nSPS) is 16.1. The van der Waals surface area contributed by atoms with Crippen molar-refractivity contribution < 1.29 is 28.6 Å². The highest BCUT2D eigenvalue weighted by Crippen LogP contribution is 2.31. The maximum atomic E-state index is 13.7. The number of benzene rings is 1. The molecular formula is C23H25N5O6S. The highest BCUT2D eigenvalue weighted by atomic mass is 32.1. The number of hydrogen-bond acceptors (Lipinski definition) is 9. The molecule has 0 unspecified atom stereocenters. The van der Waals surface area contributed by atoms with Gasteiger partial charge in [-0.25, -0.2) is 0 Å². The van der Waals surface area contributed by atoms with Gasteiger partial charge in [-0.05, 0) is 54.2 Å². The molecule has 0 radical (unpaired) electrons. The number of phenolic OH excluding ortho intramolecular Hbond substituents is 1. The third-order valence-corrected chi connectivity index (χ3v) is 6.47. The van der Waals surface area contributed by atoms with E-state index in [4.69, 9.17) is 20.6 Å². The van der Waals surface area contributed by atoms with Gasteiger partial charge in [-0.3, -0.25) is 14.4 Å². The molecule has 0 aliphatic carbocycles. The number of phenols is 1. The SMILES string of the molecule is NC(=O)c1nsc(C(=O)N(Cc2ccco2)[C@H](C(=O)NC[C@H]2CCCO2)c2ccc(O)cc2)c1N. The van der Waals surface area contributed by atoms with Gasteiger partial charge in [0.25, 0.3) is 11.8 Å².